The van der Waals surface area contributed by atoms with Gasteiger partial charge in [0.25, 0.3) is 0 Å². The van der Waals surface area contributed by atoms with Gasteiger partial charge in [0.2, 0.25) is 0 Å². The van der Waals surface area contributed by atoms with Gasteiger partial charge in [-0.05, 0) is 44.2 Å². The van der Waals surface area contributed by atoms with Crippen molar-refractivity contribution in [1.29, 1.82) is 0 Å². The van der Waals surface area contributed by atoms with Gasteiger partial charge in [0.1, 0.15) is 5.82 Å². The molecule has 0 aliphatic carbocycles. The summed E-state index contributed by atoms with van der Waals surface area (Å²) in [6.07, 6.45) is 8.01. The molecule has 2 fully saturated rings. The Bertz CT molecular complexity index is 727. The number of benzene rings is 1. The van der Waals surface area contributed by atoms with Crippen LogP contribution in [0.15, 0.2) is 36.7 Å². The van der Waals surface area contributed by atoms with Gasteiger partial charge in [-0.2, -0.15) is 0 Å². The highest BCUT2D eigenvalue weighted by molar-refractivity contribution is 5.54. The lowest BCUT2D eigenvalue weighted by Crippen LogP contribution is -2.46. The predicted octanol–water partition coefficient (Wildman–Crippen LogP) is 2.82. The highest BCUT2D eigenvalue weighted by Crippen LogP contribution is 2.29. The summed E-state index contributed by atoms with van der Waals surface area (Å²) < 4.78 is 2.07. The van der Waals surface area contributed by atoms with Crippen LogP contribution in [-0.2, 0) is 13.1 Å². The molecule has 1 N–H and O–H groups in total. The van der Waals surface area contributed by atoms with E-state index >= 15 is 0 Å². The second kappa shape index (κ2) is 7.41. The number of hydrogen-bond donors (Lipinski definition) is 1. The van der Waals surface area contributed by atoms with Crippen molar-refractivity contribution in [3.05, 3.63) is 48.0 Å². The second-order valence-corrected chi connectivity index (χ2v) is 7.93. The fraction of sp³-hybridized carbons (Fsp3) is 0.571. The first-order valence-corrected chi connectivity index (χ1v) is 9.88. The van der Waals surface area contributed by atoms with Crippen LogP contribution in [0.2, 0.25) is 0 Å². The Morgan fingerprint density at radius 1 is 1.08 bits per heavy atom. The fourth-order valence-corrected chi connectivity index (χ4v) is 4.33. The number of imidazole rings is 1. The first kappa shape index (κ1) is 17.6. The molecular formula is C21H30N4O. The van der Waals surface area contributed by atoms with Gasteiger partial charge >= 0.3 is 0 Å². The van der Waals surface area contributed by atoms with E-state index in [1.165, 1.54) is 37.2 Å². The third-order valence-corrected chi connectivity index (χ3v) is 6.01. The molecule has 2 aliphatic rings. The monoisotopic (exact) mass is 354 g/mol. The van der Waals surface area contributed by atoms with Crippen molar-refractivity contribution >= 4 is 5.69 Å². The highest BCUT2D eigenvalue weighted by atomic mass is 16.3. The summed E-state index contributed by atoms with van der Waals surface area (Å²) in [5.74, 6) is 0.973. The summed E-state index contributed by atoms with van der Waals surface area (Å²) in [6.45, 7) is 7.87. The van der Waals surface area contributed by atoms with Crippen LogP contribution in [0.4, 0.5) is 5.69 Å². The van der Waals surface area contributed by atoms with E-state index in [9.17, 15) is 5.11 Å². The molecule has 1 aromatic heterocycles. The van der Waals surface area contributed by atoms with Gasteiger partial charge in [-0.3, -0.25) is 4.90 Å². The molecular weight excluding hydrogens is 324 g/mol. The summed E-state index contributed by atoms with van der Waals surface area (Å²) in [6, 6.07) is 8.84. The number of likely N-dealkylation sites (tertiary alicyclic amines) is 1. The van der Waals surface area contributed by atoms with Gasteiger partial charge in [0.15, 0.2) is 0 Å². The summed E-state index contributed by atoms with van der Waals surface area (Å²) in [4.78, 5) is 9.28. The van der Waals surface area contributed by atoms with Gasteiger partial charge in [-0.15, -0.1) is 0 Å². The average Bonchev–Trinajstić information content (AvgIpc) is 3.30. The number of nitrogens with zero attached hydrogens (tertiary/aromatic N) is 4. The molecule has 1 aromatic carbocycles. The quantitative estimate of drug-likeness (QED) is 0.897. The largest absolute Gasteiger partial charge is 0.388 e. The smallest absolute Gasteiger partial charge is 0.105 e. The van der Waals surface area contributed by atoms with Crippen molar-refractivity contribution in [2.75, 3.05) is 31.1 Å². The average molecular weight is 354 g/mol. The molecule has 0 spiro atoms. The number of aromatic nitrogens is 2. The van der Waals surface area contributed by atoms with E-state index in [4.69, 9.17) is 0 Å². The minimum atomic E-state index is -0.615. The molecule has 2 saturated heterocycles. The molecule has 0 bridgehead atoms. The molecule has 26 heavy (non-hydrogen) atoms. The number of para-hydroxylation sites is 1. The minimum Gasteiger partial charge on any atom is -0.388 e. The van der Waals surface area contributed by atoms with E-state index in [0.29, 0.717) is 6.54 Å². The van der Waals surface area contributed by atoms with E-state index in [1.807, 2.05) is 19.3 Å². The lowest BCUT2D eigenvalue weighted by atomic mass is 9.91. The Morgan fingerprint density at radius 2 is 1.81 bits per heavy atom. The number of rotatable bonds is 5. The predicted molar refractivity (Wildman–Crippen MR) is 104 cm³/mol. The van der Waals surface area contributed by atoms with Crippen molar-refractivity contribution in [1.82, 2.24) is 14.5 Å². The van der Waals surface area contributed by atoms with Crippen molar-refractivity contribution in [2.45, 2.75) is 51.3 Å². The molecule has 4 rings (SSSR count). The lowest BCUT2D eigenvalue weighted by Gasteiger charge is -2.39. The Hall–Kier alpha value is -1.85. The standard InChI is InChI=1S/C21H30N4O/c1-18-22-10-15-25(18)17-21(26)8-13-23(14-9-21)16-19-6-2-3-7-20(19)24-11-4-5-12-24/h2-3,6-7,10,15,26H,4-5,8-9,11-14,16-17H2,1H3. The van der Waals surface area contributed by atoms with Crippen LogP contribution < -0.4 is 4.90 Å². The first-order valence-electron chi connectivity index (χ1n) is 9.88. The van der Waals surface area contributed by atoms with Crippen molar-refractivity contribution in [2.24, 2.45) is 0 Å². The normalized spacial score (nSPS) is 20.6. The van der Waals surface area contributed by atoms with E-state index in [2.05, 4.69) is 43.6 Å². The maximum absolute atomic E-state index is 11.0. The Morgan fingerprint density at radius 3 is 2.50 bits per heavy atom. The lowest BCUT2D eigenvalue weighted by molar-refractivity contribution is -0.0361. The summed E-state index contributed by atoms with van der Waals surface area (Å²) in [5.41, 5.74) is 2.21. The van der Waals surface area contributed by atoms with Crippen LogP contribution in [-0.4, -0.2) is 51.3 Å². The zero-order valence-electron chi connectivity index (χ0n) is 15.8. The Labute approximate surface area is 156 Å². The van der Waals surface area contributed by atoms with Gasteiger partial charge in [-0.25, -0.2) is 4.98 Å². The van der Waals surface area contributed by atoms with Gasteiger partial charge in [0.05, 0.1) is 12.1 Å². The molecule has 0 atom stereocenters. The summed E-state index contributed by atoms with van der Waals surface area (Å²) in [5, 5.41) is 11.0. The zero-order chi connectivity index (χ0) is 18.0. The van der Waals surface area contributed by atoms with E-state index < -0.39 is 5.60 Å². The Balaban J connectivity index is 1.38. The number of aliphatic hydroxyl groups is 1. The van der Waals surface area contributed by atoms with Crippen molar-refractivity contribution in [3.8, 4) is 0 Å². The fourth-order valence-electron chi connectivity index (χ4n) is 4.33. The minimum absolute atomic E-state index is 0.615. The van der Waals surface area contributed by atoms with Crippen LogP contribution in [0.5, 0.6) is 0 Å². The molecule has 3 heterocycles. The van der Waals surface area contributed by atoms with Gasteiger partial charge < -0.3 is 14.6 Å². The molecule has 0 amide bonds. The SMILES string of the molecule is Cc1nccn1CC1(O)CCN(Cc2ccccc2N2CCCC2)CC1. The summed E-state index contributed by atoms with van der Waals surface area (Å²) >= 11 is 0. The van der Waals surface area contributed by atoms with Crippen molar-refractivity contribution < 1.29 is 5.11 Å². The maximum atomic E-state index is 11.0. The Kier molecular flexibility index (Phi) is 5.00. The second-order valence-electron chi connectivity index (χ2n) is 7.93. The van der Waals surface area contributed by atoms with E-state index in [0.717, 1.165) is 38.3 Å². The zero-order valence-corrected chi connectivity index (χ0v) is 15.8. The molecule has 0 radical (unpaired) electrons. The summed E-state index contributed by atoms with van der Waals surface area (Å²) in [7, 11) is 0. The molecule has 5 nitrogen and oxygen atoms in total. The van der Waals surface area contributed by atoms with Crippen LogP contribution in [0, 0.1) is 6.92 Å². The van der Waals surface area contributed by atoms with Gasteiger partial charge in [-0.1, -0.05) is 18.2 Å². The van der Waals surface area contributed by atoms with Crippen LogP contribution in [0.1, 0.15) is 37.1 Å². The molecule has 2 aliphatic heterocycles. The number of anilines is 1. The molecule has 140 valence electrons. The number of piperidine rings is 1. The molecule has 5 heteroatoms. The molecule has 0 saturated carbocycles. The van der Waals surface area contributed by atoms with Crippen LogP contribution in [0.25, 0.3) is 0 Å². The highest BCUT2D eigenvalue weighted by Gasteiger charge is 2.33. The maximum Gasteiger partial charge on any atom is 0.105 e. The number of aryl methyl sites for hydroxylation is 1. The number of hydrogen-bond acceptors (Lipinski definition) is 4. The topological polar surface area (TPSA) is 44.5 Å². The molecule has 0 unspecified atom stereocenters. The van der Waals surface area contributed by atoms with Crippen LogP contribution in [0.3, 0.4) is 0 Å². The van der Waals surface area contributed by atoms with Gasteiger partial charge in [0, 0.05) is 50.8 Å². The van der Waals surface area contributed by atoms with Crippen LogP contribution >= 0.6 is 0 Å². The third kappa shape index (κ3) is 3.79. The first-order chi connectivity index (χ1) is 12.6. The third-order valence-electron chi connectivity index (χ3n) is 6.01. The van der Waals surface area contributed by atoms with E-state index in [1.54, 1.807) is 0 Å². The molecule has 2 aromatic rings. The van der Waals surface area contributed by atoms with Crippen molar-refractivity contribution in [3.63, 3.8) is 0 Å². The van der Waals surface area contributed by atoms with E-state index in [-0.39, 0.29) is 0 Å².